The standard InChI is InChI=1S/C20H32N4O/c1-14(2)22-20(21-13-19(25)24(4)5)23-15(3)17-11-10-16-8-6-7-9-18(16)12-17/h10-12,14-15H,6-9,13H2,1-5H3,(H2,21,22,23). The molecule has 1 aliphatic carbocycles. The Morgan fingerprint density at radius 3 is 2.44 bits per heavy atom. The first-order chi connectivity index (χ1) is 11.9. The second-order valence-corrected chi connectivity index (χ2v) is 7.35. The molecule has 1 amide bonds. The number of fused-ring (bicyclic) bond motifs is 1. The molecule has 5 heteroatoms. The van der Waals surface area contributed by atoms with Gasteiger partial charge in [0.2, 0.25) is 5.91 Å². The minimum Gasteiger partial charge on any atom is -0.354 e. The van der Waals surface area contributed by atoms with E-state index in [0.717, 1.165) is 0 Å². The number of guanidine groups is 1. The van der Waals surface area contributed by atoms with Gasteiger partial charge in [0.25, 0.3) is 0 Å². The van der Waals surface area contributed by atoms with Gasteiger partial charge in [0, 0.05) is 20.1 Å². The van der Waals surface area contributed by atoms with E-state index in [1.165, 1.54) is 42.4 Å². The third kappa shape index (κ3) is 5.76. The van der Waals surface area contributed by atoms with Crippen molar-refractivity contribution in [3.8, 4) is 0 Å². The predicted octanol–water partition coefficient (Wildman–Crippen LogP) is 2.66. The van der Waals surface area contributed by atoms with E-state index in [-0.39, 0.29) is 24.5 Å². The molecule has 0 aliphatic heterocycles. The summed E-state index contributed by atoms with van der Waals surface area (Å²) < 4.78 is 0. The second kappa shape index (κ2) is 8.88. The van der Waals surface area contributed by atoms with Crippen LogP contribution in [0.3, 0.4) is 0 Å². The molecule has 0 aromatic heterocycles. The summed E-state index contributed by atoms with van der Waals surface area (Å²) in [6, 6.07) is 7.18. The lowest BCUT2D eigenvalue weighted by Gasteiger charge is -2.23. The summed E-state index contributed by atoms with van der Waals surface area (Å²) >= 11 is 0. The van der Waals surface area contributed by atoms with Crippen LogP contribution in [0.1, 0.15) is 56.3 Å². The molecule has 1 unspecified atom stereocenters. The summed E-state index contributed by atoms with van der Waals surface area (Å²) in [5.41, 5.74) is 4.24. The minimum absolute atomic E-state index is 0.00806. The van der Waals surface area contributed by atoms with E-state index in [1.54, 1.807) is 19.0 Å². The number of hydrogen-bond donors (Lipinski definition) is 2. The van der Waals surface area contributed by atoms with Gasteiger partial charge in [0.15, 0.2) is 5.96 Å². The number of carbonyl (C=O) groups excluding carboxylic acids is 1. The molecule has 1 atom stereocenters. The Balaban J connectivity index is 2.08. The molecule has 0 saturated carbocycles. The zero-order valence-electron chi connectivity index (χ0n) is 16.2. The van der Waals surface area contributed by atoms with E-state index >= 15 is 0 Å². The highest BCUT2D eigenvalue weighted by Gasteiger charge is 2.14. The molecule has 0 radical (unpaired) electrons. The van der Waals surface area contributed by atoms with Crippen molar-refractivity contribution in [3.05, 3.63) is 34.9 Å². The van der Waals surface area contributed by atoms with Crippen LogP contribution < -0.4 is 10.6 Å². The average Bonchev–Trinajstić information content (AvgIpc) is 2.58. The van der Waals surface area contributed by atoms with Gasteiger partial charge in [0.1, 0.15) is 6.54 Å². The van der Waals surface area contributed by atoms with E-state index in [2.05, 4.69) is 54.6 Å². The Bertz CT molecular complexity index is 622. The number of nitrogens with zero attached hydrogens (tertiary/aromatic N) is 2. The molecule has 2 rings (SSSR count). The molecular weight excluding hydrogens is 312 g/mol. The highest BCUT2D eigenvalue weighted by atomic mass is 16.2. The Morgan fingerprint density at radius 1 is 1.12 bits per heavy atom. The Kier molecular flexibility index (Phi) is 6.85. The maximum absolute atomic E-state index is 11.8. The van der Waals surface area contributed by atoms with Crippen LogP contribution in [0.2, 0.25) is 0 Å². The number of aryl methyl sites for hydroxylation is 2. The fourth-order valence-electron chi connectivity index (χ4n) is 3.01. The van der Waals surface area contributed by atoms with Gasteiger partial charge in [-0.3, -0.25) is 4.79 Å². The number of amides is 1. The fourth-order valence-corrected chi connectivity index (χ4v) is 3.01. The molecular formula is C20H32N4O. The highest BCUT2D eigenvalue weighted by Crippen LogP contribution is 2.24. The van der Waals surface area contributed by atoms with Gasteiger partial charge in [0.05, 0.1) is 6.04 Å². The van der Waals surface area contributed by atoms with Crippen LogP contribution in [0.4, 0.5) is 0 Å². The van der Waals surface area contributed by atoms with Gasteiger partial charge < -0.3 is 15.5 Å². The number of benzene rings is 1. The van der Waals surface area contributed by atoms with Crippen LogP contribution in [0, 0.1) is 0 Å². The van der Waals surface area contributed by atoms with Crippen LogP contribution >= 0.6 is 0 Å². The van der Waals surface area contributed by atoms with Crippen molar-refractivity contribution in [1.82, 2.24) is 15.5 Å². The lowest BCUT2D eigenvalue weighted by molar-refractivity contribution is -0.127. The number of rotatable bonds is 5. The summed E-state index contributed by atoms with van der Waals surface area (Å²) in [5, 5.41) is 6.74. The Hall–Kier alpha value is -2.04. The lowest BCUT2D eigenvalue weighted by atomic mass is 9.89. The number of likely N-dealkylation sites (N-methyl/N-ethyl adjacent to an activating group) is 1. The second-order valence-electron chi connectivity index (χ2n) is 7.35. The molecule has 1 aromatic rings. The zero-order valence-corrected chi connectivity index (χ0v) is 16.2. The van der Waals surface area contributed by atoms with Crippen LogP contribution in [0.25, 0.3) is 0 Å². The van der Waals surface area contributed by atoms with Gasteiger partial charge in [-0.1, -0.05) is 18.2 Å². The van der Waals surface area contributed by atoms with Crippen molar-refractivity contribution >= 4 is 11.9 Å². The van der Waals surface area contributed by atoms with Crippen molar-refractivity contribution in [2.75, 3.05) is 20.6 Å². The first-order valence-corrected chi connectivity index (χ1v) is 9.26. The lowest BCUT2D eigenvalue weighted by Crippen LogP contribution is -2.43. The SMILES string of the molecule is CC(C)NC(=NCC(=O)N(C)C)NC(C)c1ccc2c(c1)CCCC2. The van der Waals surface area contributed by atoms with Crippen molar-refractivity contribution in [1.29, 1.82) is 0 Å². The predicted molar refractivity (Wildman–Crippen MR) is 104 cm³/mol. The summed E-state index contributed by atoms with van der Waals surface area (Å²) in [5.74, 6) is 0.668. The van der Waals surface area contributed by atoms with E-state index in [1.807, 2.05) is 0 Å². The third-order valence-electron chi connectivity index (χ3n) is 4.52. The van der Waals surface area contributed by atoms with Gasteiger partial charge in [-0.2, -0.15) is 0 Å². The van der Waals surface area contributed by atoms with Gasteiger partial charge in [-0.15, -0.1) is 0 Å². The number of hydrogen-bond acceptors (Lipinski definition) is 2. The first kappa shape index (κ1) is 19.3. The first-order valence-electron chi connectivity index (χ1n) is 9.26. The molecule has 1 aromatic carbocycles. The fraction of sp³-hybridized carbons (Fsp3) is 0.600. The third-order valence-corrected chi connectivity index (χ3v) is 4.52. The topological polar surface area (TPSA) is 56.7 Å². The Labute approximate surface area is 151 Å². The molecule has 1 aliphatic rings. The molecule has 0 bridgehead atoms. The van der Waals surface area contributed by atoms with Crippen LogP contribution in [-0.2, 0) is 17.6 Å². The number of aliphatic imine (C=N–C) groups is 1. The van der Waals surface area contributed by atoms with Crippen molar-refractivity contribution in [2.45, 2.75) is 58.5 Å². The normalized spacial score (nSPS) is 15.5. The Morgan fingerprint density at radius 2 is 1.80 bits per heavy atom. The maximum atomic E-state index is 11.8. The smallest absolute Gasteiger partial charge is 0.243 e. The summed E-state index contributed by atoms with van der Waals surface area (Å²) in [6.45, 7) is 6.41. The molecule has 138 valence electrons. The highest BCUT2D eigenvalue weighted by molar-refractivity contribution is 5.85. The van der Waals surface area contributed by atoms with Crippen molar-refractivity contribution in [3.63, 3.8) is 0 Å². The molecule has 0 fully saturated rings. The van der Waals surface area contributed by atoms with Crippen LogP contribution in [-0.4, -0.2) is 43.4 Å². The van der Waals surface area contributed by atoms with E-state index in [0.29, 0.717) is 5.96 Å². The summed E-state index contributed by atoms with van der Waals surface area (Å²) in [7, 11) is 3.49. The van der Waals surface area contributed by atoms with Crippen LogP contribution in [0.15, 0.2) is 23.2 Å². The van der Waals surface area contributed by atoms with Crippen LogP contribution in [0.5, 0.6) is 0 Å². The van der Waals surface area contributed by atoms with E-state index in [9.17, 15) is 4.79 Å². The summed E-state index contributed by atoms with van der Waals surface area (Å²) in [6.07, 6.45) is 4.96. The van der Waals surface area contributed by atoms with Crippen molar-refractivity contribution in [2.24, 2.45) is 4.99 Å². The monoisotopic (exact) mass is 344 g/mol. The zero-order chi connectivity index (χ0) is 18.4. The van der Waals surface area contributed by atoms with E-state index < -0.39 is 0 Å². The number of carbonyl (C=O) groups is 1. The molecule has 0 saturated heterocycles. The van der Waals surface area contributed by atoms with Crippen molar-refractivity contribution < 1.29 is 4.79 Å². The molecule has 0 spiro atoms. The van der Waals surface area contributed by atoms with Gasteiger partial charge in [-0.25, -0.2) is 4.99 Å². The quantitative estimate of drug-likeness (QED) is 0.638. The maximum Gasteiger partial charge on any atom is 0.243 e. The van der Waals surface area contributed by atoms with Gasteiger partial charge in [-0.05, 0) is 63.1 Å². The minimum atomic E-state index is -0.00806. The number of nitrogens with one attached hydrogen (secondary N) is 2. The molecule has 0 heterocycles. The average molecular weight is 345 g/mol. The molecule has 5 nitrogen and oxygen atoms in total. The summed E-state index contributed by atoms with van der Waals surface area (Å²) in [4.78, 5) is 17.8. The van der Waals surface area contributed by atoms with E-state index in [4.69, 9.17) is 0 Å². The molecule has 25 heavy (non-hydrogen) atoms. The largest absolute Gasteiger partial charge is 0.354 e. The van der Waals surface area contributed by atoms with Gasteiger partial charge >= 0.3 is 0 Å². The molecule has 2 N–H and O–H groups in total.